The van der Waals surface area contributed by atoms with Crippen molar-refractivity contribution in [3.63, 3.8) is 0 Å². The van der Waals surface area contributed by atoms with Crippen molar-refractivity contribution in [2.24, 2.45) is 0 Å². The van der Waals surface area contributed by atoms with Gasteiger partial charge in [-0.05, 0) is 50.0 Å². The maximum absolute atomic E-state index is 5.79. The zero-order valence-corrected chi connectivity index (χ0v) is 12.5. The van der Waals surface area contributed by atoms with Crippen molar-refractivity contribution in [2.45, 2.75) is 38.3 Å². The van der Waals surface area contributed by atoms with Crippen LogP contribution in [0.1, 0.15) is 25.7 Å². The topological polar surface area (TPSA) is 39.2 Å². The van der Waals surface area contributed by atoms with Gasteiger partial charge in [-0.3, -0.25) is 0 Å². The number of nitrogens with one attached hydrogen (secondary N) is 1. The van der Waals surface area contributed by atoms with E-state index in [2.05, 4.69) is 15.6 Å². The molecule has 2 heterocycles. The fraction of sp³-hybridized carbons (Fsp3) is 0.533. The third kappa shape index (κ3) is 2.60. The van der Waals surface area contributed by atoms with E-state index in [-0.39, 0.29) is 0 Å². The zero-order chi connectivity index (χ0) is 13.9. The van der Waals surface area contributed by atoms with Crippen LogP contribution in [0.25, 0.3) is 11.0 Å². The number of rotatable bonds is 4. The summed E-state index contributed by atoms with van der Waals surface area (Å²) in [6.07, 6.45) is 5.02. The van der Waals surface area contributed by atoms with E-state index in [1.165, 1.54) is 19.3 Å². The third-order valence-electron chi connectivity index (χ3n) is 3.94. The minimum Gasteiger partial charge on any atom is -0.494 e. The molecule has 4 nitrogen and oxygen atoms in total. The Labute approximate surface area is 123 Å². The lowest BCUT2D eigenvalue weighted by molar-refractivity contribution is 0.00892. The second-order valence-electron chi connectivity index (χ2n) is 5.21. The van der Waals surface area contributed by atoms with E-state index in [9.17, 15) is 0 Å². The number of H-pyrrole nitrogens is 1. The van der Waals surface area contributed by atoms with Crippen molar-refractivity contribution in [1.29, 1.82) is 0 Å². The monoisotopic (exact) mass is 292 g/mol. The molecule has 2 aromatic rings. The second-order valence-corrected chi connectivity index (χ2v) is 5.60. The molecule has 0 bridgehead atoms. The Bertz CT molecular complexity index is 641. The van der Waals surface area contributed by atoms with Crippen molar-refractivity contribution in [3.05, 3.63) is 23.0 Å². The number of hydrogen-bond donors (Lipinski definition) is 1. The van der Waals surface area contributed by atoms with Crippen LogP contribution in [0.2, 0.25) is 0 Å². The molecule has 1 saturated heterocycles. The Hall–Kier alpha value is -1.33. The fourth-order valence-corrected chi connectivity index (χ4v) is 3.15. The van der Waals surface area contributed by atoms with Gasteiger partial charge in [-0.15, -0.1) is 0 Å². The van der Waals surface area contributed by atoms with Crippen LogP contribution in [0, 0.1) is 4.77 Å². The smallest absolute Gasteiger partial charge is 0.178 e. The van der Waals surface area contributed by atoms with Gasteiger partial charge in [0.2, 0.25) is 0 Å². The molecule has 1 unspecified atom stereocenters. The highest BCUT2D eigenvalue weighted by molar-refractivity contribution is 7.71. The number of aromatic nitrogens is 2. The molecular weight excluding hydrogens is 272 g/mol. The van der Waals surface area contributed by atoms with Gasteiger partial charge in [-0.2, -0.15) is 0 Å². The predicted octanol–water partition coefficient (Wildman–Crippen LogP) is 3.67. The van der Waals surface area contributed by atoms with Crippen LogP contribution in [0.4, 0.5) is 0 Å². The lowest BCUT2D eigenvalue weighted by atomic mass is 10.1. The molecule has 108 valence electrons. The molecule has 1 aliphatic heterocycles. The molecule has 20 heavy (non-hydrogen) atoms. The summed E-state index contributed by atoms with van der Waals surface area (Å²) in [6, 6.07) is 6.02. The molecule has 0 saturated carbocycles. The Kier molecular flexibility index (Phi) is 4.08. The van der Waals surface area contributed by atoms with Gasteiger partial charge in [0.05, 0.1) is 18.7 Å². The van der Waals surface area contributed by atoms with E-state index in [1.54, 1.807) is 7.11 Å². The number of aromatic amines is 1. The lowest BCUT2D eigenvalue weighted by Gasteiger charge is -2.22. The van der Waals surface area contributed by atoms with Crippen LogP contribution in [-0.2, 0) is 11.3 Å². The number of fused-ring (bicyclic) bond motifs is 1. The number of ether oxygens (including phenoxy) is 2. The number of nitrogens with zero attached hydrogens (tertiary/aromatic N) is 1. The number of methoxy groups -OCH3 is 1. The van der Waals surface area contributed by atoms with Crippen molar-refractivity contribution >= 4 is 23.3 Å². The molecule has 0 aliphatic carbocycles. The number of benzene rings is 1. The number of aryl methyl sites for hydroxylation is 1. The van der Waals surface area contributed by atoms with Gasteiger partial charge < -0.3 is 19.0 Å². The summed E-state index contributed by atoms with van der Waals surface area (Å²) in [7, 11) is 1.68. The quantitative estimate of drug-likeness (QED) is 0.874. The average Bonchev–Trinajstić information content (AvgIpc) is 2.81. The van der Waals surface area contributed by atoms with Gasteiger partial charge >= 0.3 is 0 Å². The van der Waals surface area contributed by atoms with E-state index in [0.29, 0.717) is 6.10 Å². The van der Waals surface area contributed by atoms with Crippen LogP contribution in [0.3, 0.4) is 0 Å². The first-order valence-corrected chi connectivity index (χ1v) is 7.57. The molecule has 3 rings (SSSR count). The summed E-state index contributed by atoms with van der Waals surface area (Å²) < 4.78 is 14.1. The normalized spacial score (nSPS) is 19.4. The molecule has 1 fully saturated rings. The summed E-state index contributed by atoms with van der Waals surface area (Å²) in [4.78, 5) is 3.25. The molecule has 0 radical (unpaired) electrons. The van der Waals surface area contributed by atoms with Gasteiger partial charge in [-0.25, -0.2) is 0 Å². The number of para-hydroxylation sites is 1. The number of imidazole rings is 1. The summed E-state index contributed by atoms with van der Waals surface area (Å²) in [5.74, 6) is 0.835. The molecule has 1 atom stereocenters. The Morgan fingerprint density at radius 3 is 3.10 bits per heavy atom. The van der Waals surface area contributed by atoms with Gasteiger partial charge in [0, 0.05) is 13.2 Å². The van der Waals surface area contributed by atoms with Crippen molar-refractivity contribution in [3.8, 4) is 5.75 Å². The first kappa shape index (κ1) is 13.6. The van der Waals surface area contributed by atoms with E-state index in [4.69, 9.17) is 21.7 Å². The first-order valence-electron chi connectivity index (χ1n) is 7.16. The summed E-state index contributed by atoms with van der Waals surface area (Å²) >= 11 is 5.44. The van der Waals surface area contributed by atoms with E-state index in [0.717, 1.165) is 41.1 Å². The van der Waals surface area contributed by atoms with Crippen LogP contribution >= 0.6 is 12.2 Å². The molecule has 0 spiro atoms. The largest absolute Gasteiger partial charge is 0.494 e. The molecule has 5 heteroatoms. The van der Waals surface area contributed by atoms with E-state index >= 15 is 0 Å². The fourth-order valence-electron chi connectivity index (χ4n) is 2.85. The first-order chi connectivity index (χ1) is 9.79. The van der Waals surface area contributed by atoms with Crippen LogP contribution in [-0.4, -0.2) is 29.4 Å². The average molecular weight is 292 g/mol. The molecule has 1 aromatic heterocycles. The SMILES string of the molecule is COc1cccc2c1[nH]c(=S)n2CCC1CCCCO1. The van der Waals surface area contributed by atoms with Gasteiger partial charge in [0.1, 0.15) is 11.3 Å². The van der Waals surface area contributed by atoms with Crippen LogP contribution < -0.4 is 4.74 Å². The minimum atomic E-state index is 0.376. The zero-order valence-electron chi connectivity index (χ0n) is 11.7. The van der Waals surface area contributed by atoms with Gasteiger partial charge in [0.15, 0.2) is 4.77 Å². The van der Waals surface area contributed by atoms with Crippen LogP contribution in [0.5, 0.6) is 5.75 Å². The number of hydrogen-bond acceptors (Lipinski definition) is 3. The molecular formula is C15H20N2O2S. The maximum atomic E-state index is 5.79. The highest BCUT2D eigenvalue weighted by Crippen LogP contribution is 2.25. The molecule has 1 N–H and O–H groups in total. The third-order valence-corrected chi connectivity index (χ3v) is 4.26. The van der Waals surface area contributed by atoms with Gasteiger partial charge in [-0.1, -0.05) is 6.07 Å². The summed E-state index contributed by atoms with van der Waals surface area (Å²) in [6.45, 7) is 1.79. The standard InChI is InChI=1S/C15H20N2O2S/c1-18-13-7-4-6-12-14(13)16-15(20)17(12)9-8-11-5-2-3-10-19-11/h4,6-7,11H,2-3,5,8-10H2,1H3,(H,16,20). The predicted molar refractivity (Wildman–Crippen MR) is 81.9 cm³/mol. The second kappa shape index (κ2) is 5.97. The highest BCUT2D eigenvalue weighted by Gasteiger charge is 2.15. The van der Waals surface area contributed by atoms with E-state index in [1.807, 2.05) is 12.1 Å². The molecule has 1 aliphatic rings. The molecule has 1 aromatic carbocycles. The van der Waals surface area contributed by atoms with Crippen LogP contribution in [0.15, 0.2) is 18.2 Å². The van der Waals surface area contributed by atoms with Gasteiger partial charge in [0.25, 0.3) is 0 Å². The van der Waals surface area contributed by atoms with E-state index < -0.39 is 0 Å². The Morgan fingerprint density at radius 2 is 2.35 bits per heavy atom. The minimum absolute atomic E-state index is 0.376. The van der Waals surface area contributed by atoms with Crippen molar-refractivity contribution in [1.82, 2.24) is 9.55 Å². The van der Waals surface area contributed by atoms with Crippen molar-refractivity contribution in [2.75, 3.05) is 13.7 Å². The molecule has 0 amide bonds. The highest BCUT2D eigenvalue weighted by atomic mass is 32.1. The van der Waals surface area contributed by atoms with Crippen molar-refractivity contribution < 1.29 is 9.47 Å². The maximum Gasteiger partial charge on any atom is 0.178 e. The Balaban J connectivity index is 1.84. The summed E-state index contributed by atoms with van der Waals surface area (Å²) in [5.41, 5.74) is 2.08. The Morgan fingerprint density at radius 1 is 1.45 bits per heavy atom. The lowest BCUT2D eigenvalue weighted by Crippen LogP contribution is -2.20. The summed E-state index contributed by atoms with van der Waals surface area (Å²) in [5, 5.41) is 0.